The predicted octanol–water partition coefficient (Wildman–Crippen LogP) is 3.88. The van der Waals surface area contributed by atoms with Crippen molar-refractivity contribution in [2.24, 2.45) is 5.92 Å². The quantitative estimate of drug-likeness (QED) is 0.746. The number of fused-ring (bicyclic) bond motifs is 1. The highest BCUT2D eigenvalue weighted by Crippen LogP contribution is 2.44. The Labute approximate surface area is 188 Å². The number of hydrogen-bond acceptors (Lipinski definition) is 4. The maximum Gasteiger partial charge on any atom is 0.308 e. The van der Waals surface area contributed by atoms with Crippen molar-refractivity contribution in [1.82, 2.24) is 4.31 Å². The van der Waals surface area contributed by atoms with Crippen molar-refractivity contribution >= 4 is 33.3 Å². The van der Waals surface area contributed by atoms with Crippen LogP contribution in [0, 0.1) is 12.8 Å². The fraction of sp³-hybridized carbons (Fsp3) is 0.435. The van der Waals surface area contributed by atoms with E-state index in [1.807, 2.05) is 51.1 Å². The van der Waals surface area contributed by atoms with Crippen molar-refractivity contribution in [2.75, 3.05) is 18.0 Å². The minimum Gasteiger partial charge on any atom is -0.481 e. The topological polar surface area (TPSA) is 77.9 Å². The fourth-order valence-electron chi connectivity index (χ4n) is 5.12. The number of aryl methyl sites for hydroxylation is 1. The summed E-state index contributed by atoms with van der Waals surface area (Å²) in [5.74, 6) is -2.04. The number of carbonyl (C=O) groups is 1. The highest BCUT2D eigenvalue weighted by atomic mass is 35.5. The number of anilines is 1. The Balaban J connectivity index is 1.66. The van der Waals surface area contributed by atoms with E-state index in [1.165, 1.54) is 4.31 Å². The Hall–Kier alpha value is -2.09. The summed E-state index contributed by atoms with van der Waals surface area (Å²) in [5.41, 5.74) is 3.40. The van der Waals surface area contributed by atoms with Gasteiger partial charge in [-0.05, 0) is 62.1 Å². The van der Waals surface area contributed by atoms with E-state index in [0.29, 0.717) is 23.7 Å². The number of aliphatic carboxylic acids is 1. The van der Waals surface area contributed by atoms with Crippen LogP contribution in [0.5, 0.6) is 0 Å². The van der Waals surface area contributed by atoms with Crippen molar-refractivity contribution < 1.29 is 18.3 Å². The second kappa shape index (κ2) is 8.11. The number of hydrogen-bond donors (Lipinski definition) is 1. The average molecular weight is 463 g/mol. The molecule has 2 aromatic rings. The van der Waals surface area contributed by atoms with Gasteiger partial charge in [-0.1, -0.05) is 35.9 Å². The first-order valence-corrected chi connectivity index (χ1v) is 12.3. The van der Waals surface area contributed by atoms with Gasteiger partial charge < -0.3 is 10.0 Å². The van der Waals surface area contributed by atoms with Crippen LogP contribution in [-0.2, 0) is 21.2 Å². The molecule has 2 aromatic carbocycles. The van der Waals surface area contributed by atoms with Gasteiger partial charge in [-0.25, -0.2) is 8.42 Å². The first-order chi connectivity index (χ1) is 14.6. The van der Waals surface area contributed by atoms with Crippen LogP contribution in [0.2, 0.25) is 5.02 Å². The lowest BCUT2D eigenvalue weighted by Crippen LogP contribution is -2.59. The first-order valence-electron chi connectivity index (χ1n) is 10.4. The lowest BCUT2D eigenvalue weighted by molar-refractivity contribution is -0.141. The fourth-order valence-corrected chi connectivity index (χ4v) is 7.82. The molecule has 6 nitrogen and oxygen atoms in total. The molecule has 1 saturated heterocycles. The standard InChI is InChI=1S/C23H27ClN2O4S/c1-14-10-18(8-9-21(14)24)25-12-15(2)26(16(3)13-25)31(29,30)22-19-7-5-4-6-17(19)11-20(22)23(27)28/h4-10,15-16,20,22H,11-13H2,1-3H3,(H,27,28)/t15?,16?,20-,22+/m0/s1. The summed E-state index contributed by atoms with van der Waals surface area (Å²) in [5, 5.41) is 9.43. The molecule has 0 spiro atoms. The first kappa shape index (κ1) is 22.1. The molecule has 2 aliphatic rings. The van der Waals surface area contributed by atoms with Crippen molar-refractivity contribution in [3.8, 4) is 0 Å². The van der Waals surface area contributed by atoms with Crippen LogP contribution < -0.4 is 4.90 Å². The molecule has 1 aliphatic heterocycles. The van der Waals surface area contributed by atoms with Crippen LogP contribution in [-0.4, -0.2) is 49.0 Å². The SMILES string of the molecule is Cc1cc(N2CC(C)N(S(=O)(=O)[C@@H]3c4ccccc4C[C@@H]3C(=O)O)C(C)C2)ccc1Cl. The molecule has 0 radical (unpaired) electrons. The van der Waals surface area contributed by atoms with E-state index in [4.69, 9.17) is 11.6 Å². The average Bonchev–Trinajstić information content (AvgIpc) is 3.10. The minimum absolute atomic E-state index is 0.238. The molecule has 0 amide bonds. The van der Waals surface area contributed by atoms with Gasteiger partial charge in [0.1, 0.15) is 5.25 Å². The zero-order chi connectivity index (χ0) is 22.5. The van der Waals surface area contributed by atoms with E-state index < -0.39 is 27.2 Å². The molecule has 2 unspecified atom stereocenters. The summed E-state index contributed by atoms with van der Waals surface area (Å²) in [4.78, 5) is 14.1. The molecule has 8 heteroatoms. The van der Waals surface area contributed by atoms with Gasteiger partial charge in [-0.3, -0.25) is 4.79 Å². The highest BCUT2D eigenvalue weighted by Gasteiger charge is 2.50. The monoisotopic (exact) mass is 462 g/mol. The molecule has 1 fully saturated rings. The summed E-state index contributed by atoms with van der Waals surface area (Å²) >= 11 is 6.16. The molecule has 0 bridgehead atoms. The van der Waals surface area contributed by atoms with E-state index in [1.54, 1.807) is 12.1 Å². The van der Waals surface area contributed by atoms with E-state index in [0.717, 1.165) is 16.8 Å². The Kier molecular flexibility index (Phi) is 5.79. The maximum atomic E-state index is 13.9. The van der Waals surface area contributed by atoms with Gasteiger partial charge in [0.05, 0.1) is 5.92 Å². The van der Waals surface area contributed by atoms with E-state index in [-0.39, 0.29) is 18.5 Å². The minimum atomic E-state index is -3.88. The highest BCUT2D eigenvalue weighted by molar-refractivity contribution is 7.89. The lowest BCUT2D eigenvalue weighted by atomic mass is 10.1. The Morgan fingerprint density at radius 1 is 1.10 bits per heavy atom. The molecule has 4 atom stereocenters. The zero-order valence-electron chi connectivity index (χ0n) is 17.8. The summed E-state index contributed by atoms with van der Waals surface area (Å²) in [7, 11) is -3.88. The van der Waals surface area contributed by atoms with Crippen LogP contribution in [0.25, 0.3) is 0 Å². The molecule has 31 heavy (non-hydrogen) atoms. The second-order valence-electron chi connectivity index (χ2n) is 8.68. The van der Waals surface area contributed by atoms with Gasteiger partial charge in [0.15, 0.2) is 0 Å². The maximum absolute atomic E-state index is 13.9. The van der Waals surface area contributed by atoms with Gasteiger partial charge in [0.25, 0.3) is 0 Å². The van der Waals surface area contributed by atoms with Crippen molar-refractivity contribution in [2.45, 2.75) is 44.5 Å². The predicted molar refractivity (Wildman–Crippen MR) is 122 cm³/mol. The van der Waals surface area contributed by atoms with Crippen LogP contribution in [0.15, 0.2) is 42.5 Å². The van der Waals surface area contributed by atoms with Gasteiger partial charge in [-0.15, -0.1) is 0 Å². The van der Waals surface area contributed by atoms with Gasteiger partial charge >= 0.3 is 5.97 Å². The molecular formula is C23H27ClN2O4S. The van der Waals surface area contributed by atoms with Crippen LogP contribution in [0.1, 0.15) is 35.8 Å². The third-order valence-corrected chi connectivity index (χ3v) is 9.40. The van der Waals surface area contributed by atoms with E-state index in [9.17, 15) is 18.3 Å². The van der Waals surface area contributed by atoms with Crippen LogP contribution in [0.3, 0.4) is 0 Å². The number of carboxylic acid groups (broad SMARTS) is 1. The van der Waals surface area contributed by atoms with E-state index >= 15 is 0 Å². The third kappa shape index (κ3) is 3.83. The molecule has 0 aromatic heterocycles. The smallest absolute Gasteiger partial charge is 0.308 e. The molecule has 4 rings (SSSR count). The number of carboxylic acids is 1. The van der Waals surface area contributed by atoms with E-state index in [2.05, 4.69) is 4.90 Å². The normalized spacial score (nSPS) is 26.6. The summed E-state index contributed by atoms with van der Waals surface area (Å²) in [6.07, 6.45) is 0.238. The number of halogens is 1. The number of nitrogens with zero attached hydrogens (tertiary/aromatic N) is 2. The lowest BCUT2D eigenvalue weighted by Gasteiger charge is -2.45. The number of sulfonamides is 1. The van der Waals surface area contributed by atoms with Crippen LogP contribution in [0.4, 0.5) is 5.69 Å². The zero-order valence-corrected chi connectivity index (χ0v) is 19.4. The molecule has 1 N–H and O–H groups in total. The summed E-state index contributed by atoms with van der Waals surface area (Å²) < 4.78 is 29.2. The number of benzene rings is 2. The Bertz CT molecular complexity index is 1110. The van der Waals surface area contributed by atoms with Crippen molar-refractivity contribution in [3.05, 3.63) is 64.2 Å². The van der Waals surface area contributed by atoms with Gasteiger partial charge in [0, 0.05) is 35.9 Å². The van der Waals surface area contributed by atoms with Gasteiger partial charge in [0.2, 0.25) is 10.0 Å². The number of rotatable bonds is 4. The summed E-state index contributed by atoms with van der Waals surface area (Å²) in [6, 6.07) is 12.4. The largest absolute Gasteiger partial charge is 0.481 e. The van der Waals surface area contributed by atoms with Crippen LogP contribution >= 0.6 is 11.6 Å². The molecular weight excluding hydrogens is 436 g/mol. The molecule has 166 valence electrons. The number of piperazine rings is 1. The molecule has 1 heterocycles. The second-order valence-corrected chi connectivity index (χ2v) is 11.0. The van der Waals surface area contributed by atoms with Crippen molar-refractivity contribution in [3.63, 3.8) is 0 Å². The molecule has 0 saturated carbocycles. The molecule has 1 aliphatic carbocycles. The van der Waals surface area contributed by atoms with Crippen molar-refractivity contribution in [1.29, 1.82) is 0 Å². The summed E-state index contributed by atoms with van der Waals surface area (Å²) in [6.45, 7) is 6.77. The third-order valence-electron chi connectivity index (χ3n) is 6.44. The Morgan fingerprint density at radius 2 is 1.74 bits per heavy atom. The van der Waals surface area contributed by atoms with Gasteiger partial charge in [-0.2, -0.15) is 4.31 Å². The Morgan fingerprint density at radius 3 is 2.35 bits per heavy atom.